The Kier molecular flexibility index (Phi) is 3.34. The number of ether oxygens (including phenoxy) is 1. The molecule has 12 heavy (non-hydrogen) atoms. The SMILES string of the molecule is COC1CCC(NS(=O)(=O)Cl)C1. The van der Waals surface area contributed by atoms with Crippen LogP contribution in [0.15, 0.2) is 0 Å². The summed E-state index contributed by atoms with van der Waals surface area (Å²) in [7, 11) is 3.08. The van der Waals surface area contributed by atoms with Crippen molar-refractivity contribution in [3.63, 3.8) is 0 Å². The second kappa shape index (κ2) is 3.91. The fourth-order valence-corrected chi connectivity index (χ4v) is 2.45. The van der Waals surface area contributed by atoms with Crippen LogP contribution in [-0.4, -0.2) is 27.7 Å². The number of halogens is 1. The minimum Gasteiger partial charge on any atom is -0.381 e. The Morgan fingerprint density at radius 2 is 2.17 bits per heavy atom. The Morgan fingerprint density at radius 3 is 2.58 bits per heavy atom. The highest BCUT2D eigenvalue weighted by atomic mass is 35.7. The number of methoxy groups -OCH3 is 1. The van der Waals surface area contributed by atoms with Crippen LogP contribution >= 0.6 is 10.7 Å². The molecular formula is C6H12ClNO3S. The zero-order valence-corrected chi connectivity index (χ0v) is 8.36. The lowest BCUT2D eigenvalue weighted by molar-refractivity contribution is 0.107. The summed E-state index contributed by atoms with van der Waals surface area (Å²) in [4.78, 5) is 0. The Bertz CT molecular complexity index is 241. The maximum atomic E-state index is 10.6. The molecule has 1 aliphatic rings. The molecule has 0 aromatic heterocycles. The second-order valence-corrected chi connectivity index (χ2v) is 5.25. The lowest BCUT2D eigenvalue weighted by Gasteiger charge is -2.09. The first-order valence-electron chi connectivity index (χ1n) is 3.76. The first-order valence-corrected chi connectivity index (χ1v) is 6.07. The molecule has 1 fully saturated rings. The van der Waals surface area contributed by atoms with E-state index in [-0.39, 0.29) is 12.1 Å². The molecule has 0 aromatic rings. The molecule has 0 saturated heterocycles. The molecule has 6 heteroatoms. The van der Waals surface area contributed by atoms with Crippen LogP contribution in [0.2, 0.25) is 0 Å². The third-order valence-corrected chi connectivity index (χ3v) is 2.91. The fraction of sp³-hybridized carbons (Fsp3) is 1.00. The molecule has 72 valence electrons. The van der Waals surface area contributed by atoms with Crippen molar-refractivity contribution >= 4 is 19.9 Å². The predicted octanol–water partition coefficient (Wildman–Crippen LogP) is 0.627. The highest BCUT2D eigenvalue weighted by Crippen LogP contribution is 2.22. The second-order valence-electron chi connectivity index (χ2n) is 2.92. The number of nitrogens with one attached hydrogen (secondary N) is 1. The molecule has 0 amide bonds. The molecule has 0 bridgehead atoms. The van der Waals surface area contributed by atoms with Crippen molar-refractivity contribution in [2.75, 3.05) is 7.11 Å². The summed E-state index contributed by atoms with van der Waals surface area (Å²) in [5, 5.41) is 0. The van der Waals surface area contributed by atoms with Gasteiger partial charge in [-0.25, -0.2) is 0 Å². The average molecular weight is 214 g/mol. The van der Waals surface area contributed by atoms with E-state index in [1.165, 1.54) is 0 Å². The normalized spacial score (nSPS) is 30.8. The molecule has 2 atom stereocenters. The first kappa shape index (κ1) is 10.2. The van der Waals surface area contributed by atoms with E-state index >= 15 is 0 Å². The van der Waals surface area contributed by atoms with E-state index in [0.717, 1.165) is 12.8 Å². The van der Waals surface area contributed by atoms with Gasteiger partial charge in [0.05, 0.1) is 6.10 Å². The van der Waals surface area contributed by atoms with Gasteiger partial charge in [-0.2, -0.15) is 13.1 Å². The van der Waals surface area contributed by atoms with Crippen LogP contribution in [0, 0.1) is 0 Å². The summed E-state index contributed by atoms with van der Waals surface area (Å²) in [6, 6.07) is -0.0579. The van der Waals surface area contributed by atoms with Gasteiger partial charge in [0.1, 0.15) is 0 Å². The van der Waals surface area contributed by atoms with Crippen LogP contribution < -0.4 is 4.72 Å². The standard InChI is InChI=1S/C6H12ClNO3S/c1-11-6-3-2-5(4-6)8-12(7,9)10/h5-6,8H,2-4H2,1H3. The van der Waals surface area contributed by atoms with Crippen LogP contribution in [0.1, 0.15) is 19.3 Å². The summed E-state index contributed by atoms with van der Waals surface area (Å²) in [5.74, 6) is 0. The van der Waals surface area contributed by atoms with E-state index in [4.69, 9.17) is 15.4 Å². The molecule has 4 nitrogen and oxygen atoms in total. The fourth-order valence-electron chi connectivity index (χ4n) is 1.46. The van der Waals surface area contributed by atoms with Crippen molar-refractivity contribution in [3.05, 3.63) is 0 Å². The molecule has 0 spiro atoms. The van der Waals surface area contributed by atoms with E-state index in [9.17, 15) is 8.42 Å². The summed E-state index contributed by atoms with van der Waals surface area (Å²) in [5.41, 5.74) is 0. The first-order chi connectivity index (χ1) is 5.51. The molecule has 2 unspecified atom stereocenters. The molecule has 1 aliphatic carbocycles. The summed E-state index contributed by atoms with van der Waals surface area (Å²) in [6.07, 6.45) is 2.56. The van der Waals surface area contributed by atoms with Crippen LogP contribution in [0.3, 0.4) is 0 Å². The predicted molar refractivity (Wildman–Crippen MR) is 46.3 cm³/mol. The lowest BCUT2D eigenvalue weighted by atomic mass is 10.3. The van der Waals surface area contributed by atoms with E-state index in [1.54, 1.807) is 7.11 Å². The van der Waals surface area contributed by atoms with Crippen molar-refractivity contribution in [1.29, 1.82) is 0 Å². The molecule has 0 radical (unpaired) electrons. The molecule has 1 saturated carbocycles. The van der Waals surface area contributed by atoms with Crippen molar-refractivity contribution in [2.24, 2.45) is 0 Å². The van der Waals surface area contributed by atoms with Gasteiger partial charge in [-0.05, 0) is 19.3 Å². The van der Waals surface area contributed by atoms with Gasteiger partial charge >= 0.3 is 0 Å². The molecule has 0 aliphatic heterocycles. The number of hydrogen-bond acceptors (Lipinski definition) is 3. The quantitative estimate of drug-likeness (QED) is 0.700. The van der Waals surface area contributed by atoms with Gasteiger partial charge in [-0.3, -0.25) is 0 Å². The summed E-state index contributed by atoms with van der Waals surface area (Å²) in [6.45, 7) is 0. The van der Waals surface area contributed by atoms with E-state index in [0.29, 0.717) is 6.42 Å². The zero-order chi connectivity index (χ0) is 9.19. The minimum absolute atomic E-state index is 0.0579. The minimum atomic E-state index is -3.57. The van der Waals surface area contributed by atoms with E-state index in [2.05, 4.69) is 4.72 Å². The highest BCUT2D eigenvalue weighted by Gasteiger charge is 2.26. The third-order valence-electron chi connectivity index (χ3n) is 2.03. The Hall–Kier alpha value is 0.160. The van der Waals surface area contributed by atoms with Crippen LogP contribution in [0.25, 0.3) is 0 Å². The van der Waals surface area contributed by atoms with Gasteiger partial charge in [0.25, 0.3) is 9.24 Å². The van der Waals surface area contributed by atoms with E-state index in [1.807, 2.05) is 0 Å². The topological polar surface area (TPSA) is 55.4 Å². The number of rotatable bonds is 3. The van der Waals surface area contributed by atoms with Crippen molar-refractivity contribution in [2.45, 2.75) is 31.4 Å². The number of hydrogen-bond donors (Lipinski definition) is 1. The highest BCUT2D eigenvalue weighted by molar-refractivity contribution is 8.12. The van der Waals surface area contributed by atoms with E-state index < -0.39 is 9.24 Å². The zero-order valence-electron chi connectivity index (χ0n) is 6.79. The Labute approximate surface area is 76.8 Å². The largest absolute Gasteiger partial charge is 0.381 e. The van der Waals surface area contributed by atoms with Gasteiger partial charge in [0.2, 0.25) is 0 Å². The molecule has 0 aromatic carbocycles. The lowest BCUT2D eigenvalue weighted by Crippen LogP contribution is -2.29. The summed E-state index contributed by atoms with van der Waals surface area (Å²) >= 11 is 0. The van der Waals surface area contributed by atoms with Gasteiger partial charge in [-0.1, -0.05) is 0 Å². The third kappa shape index (κ3) is 3.26. The van der Waals surface area contributed by atoms with Crippen molar-refractivity contribution in [3.8, 4) is 0 Å². The van der Waals surface area contributed by atoms with Gasteiger partial charge < -0.3 is 4.74 Å². The maximum Gasteiger partial charge on any atom is 0.297 e. The monoisotopic (exact) mass is 213 g/mol. The molecule has 1 N–H and O–H groups in total. The maximum absolute atomic E-state index is 10.6. The Morgan fingerprint density at radius 1 is 1.50 bits per heavy atom. The van der Waals surface area contributed by atoms with Crippen LogP contribution in [0.4, 0.5) is 0 Å². The van der Waals surface area contributed by atoms with Gasteiger partial charge in [-0.15, -0.1) is 0 Å². The van der Waals surface area contributed by atoms with Crippen molar-refractivity contribution in [1.82, 2.24) is 4.72 Å². The average Bonchev–Trinajstić information content (AvgIpc) is 2.32. The van der Waals surface area contributed by atoms with Crippen LogP contribution in [-0.2, 0) is 14.0 Å². The Balaban J connectivity index is 2.38. The molecule has 1 rings (SSSR count). The van der Waals surface area contributed by atoms with Gasteiger partial charge in [0, 0.05) is 23.8 Å². The molecular weight excluding hydrogens is 202 g/mol. The molecule has 0 heterocycles. The van der Waals surface area contributed by atoms with Crippen LogP contribution in [0.5, 0.6) is 0 Å². The van der Waals surface area contributed by atoms with Crippen molar-refractivity contribution < 1.29 is 13.2 Å². The smallest absolute Gasteiger partial charge is 0.297 e. The van der Waals surface area contributed by atoms with Gasteiger partial charge in [0.15, 0.2) is 0 Å². The summed E-state index contributed by atoms with van der Waals surface area (Å²) < 4.78 is 28.6.